The van der Waals surface area contributed by atoms with Gasteiger partial charge in [-0.1, -0.05) is 12.1 Å². The van der Waals surface area contributed by atoms with Gasteiger partial charge < -0.3 is 4.84 Å². The van der Waals surface area contributed by atoms with Gasteiger partial charge in [-0.3, -0.25) is 0 Å². The molecule has 0 unspecified atom stereocenters. The van der Waals surface area contributed by atoms with E-state index in [1.807, 2.05) is 6.92 Å². The number of hydrogen-bond acceptors (Lipinski definition) is 2. The Balaban J connectivity index is 2.37. The van der Waals surface area contributed by atoms with Crippen LogP contribution in [-0.4, -0.2) is 5.71 Å². The van der Waals surface area contributed by atoms with E-state index in [0.717, 1.165) is 24.7 Å². The van der Waals surface area contributed by atoms with E-state index >= 15 is 0 Å². The Kier molecular flexibility index (Phi) is 1.51. The maximum absolute atomic E-state index is 4.86. The quantitative estimate of drug-likeness (QED) is 0.506. The third-order valence-electron chi connectivity index (χ3n) is 1.19. The molecular weight excluding hydrogens is 102 g/mol. The topological polar surface area (TPSA) is 21.6 Å². The van der Waals surface area contributed by atoms with Crippen molar-refractivity contribution < 1.29 is 4.84 Å². The molecule has 0 atom stereocenters. The van der Waals surface area contributed by atoms with E-state index in [9.17, 15) is 0 Å². The third kappa shape index (κ3) is 0.997. The number of hydrogen-bond donors (Lipinski definition) is 0. The summed E-state index contributed by atoms with van der Waals surface area (Å²) in [4.78, 5) is 4.86. The zero-order valence-corrected chi connectivity index (χ0v) is 5.27. The number of rotatable bonds is 1. The van der Waals surface area contributed by atoms with E-state index in [2.05, 4.69) is 12.1 Å². The average molecular weight is 112 g/mol. The molecule has 0 aliphatic carbocycles. The zero-order chi connectivity index (χ0) is 5.98. The average Bonchev–Trinajstić information content (AvgIpc) is 2.14. The van der Waals surface area contributed by atoms with Gasteiger partial charge in [-0.05, 0) is 13.3 Å². The molecule has 2 nitrogen and oxygen atoms in total. The molecule has 0 N–H and O–H groups in total. The highest BCUT2D eigenvalue weighted by Crippen LogP contribution is 2.17. The molecule has 2 heteroatoms. The molecule has 0 saturated carbocycles. The van der Waals surface area contributed by atoms with Crippen LogP contribution >= 0.6 is 0 Å². The highest BCUT2D eigenvalue weighted by Gasteiger charge is 2.14. The maximum Gasteiger partial charge on any atom is 0.182 e. The summed E-state index contributed by atoms with van der Waals surface area (Å²) in [6.07, 6.45) is 2.97. The minimum absolute atomic E-state index is 0.941. The van der Waals surface area contributed by atoms with Gasteiger partial charge in [0.05, 0.1) is 5.71 Å². The van der Waals surface area contributed by atoms with Crippen LogP contribution in [0.2, 0.25) is 0 Å². The third-order valence-corrected chi connectivity index (χ3v) is 1.19. The molecule has 1 aliphatic heterocycles. The smallest absolute Gasteiger partial charge is 0.182 e. The molecule has 0 spiro atoms. The van der Waals surface area contributed by atoms with Crippen molar-refractivity contribution in [1.29, 1.82) is 0 Å². The minimum Gasteiger partial charge on any atom is -0.385 e. The standard InChI is InChI=1S/C6H10NO/c1-3-6-4-5(2)8-7-6/h3-4H2,1-2H3. The van der Waals surface area contributed by atoms with Gasteiger partial charge in [-0.15, -0.1) is 0 Å². The molecule has 1 radical (unpaired) electrons. The molecule has 1 aliphatic rings. The van der Waals surface area contributed by atoms with Crippen LogP contribution in [0.25, 0.3) is 0 Å². The monoisotopic (exact) mass is 112 g/mol. The second-order valence-corrected chi connectivity index (χ2v) is 1.98. The van der Waals surface area contributed by atoms with Crippen LogP contribution in [0.15, 0.2) is 5.16 Å². The molecule has 0 bridgehead atoms. The number of oxime groups is 1. The van der Waals surface area contributed by atoms with E-state index in [4.69, 9.17) is 4.84 Å². The van der Waals surface area contributed by atoms with Crippen LogP contribution in [0, 0.1) is 6.10 Å². The van der Waals surface area contributed by atoms with Crippen LogP contribution < -0.4 is 0 Å². The summed E-state index contributed by atoms with van der Waals surface area (Å²) in [5.41, 5.74) is 1.16. The Morgan fingerprint density at radius 2 is 2.50 bits per heavy atom. The molecular formula is C6H10NO. The van der Waals surface area contributed by atoms with Gasteiger partial charge in [0.1, 0.15) is 0 Å². The first-order valence-corrected chi connectivity index (χ1v) is 2.88. The molecule has 0 aromatic rings. The summed E-state index contributed by atoms with van der Waals surface area (Å²) in [5, 5.41) is 3.81. The summed E-state index contributed by atoms with van der Waals surface area (Å²) >= 11 is 0. The van der Waals surface area contributed by atoms with Crippen LogP contribution in [-0.2, 0) is 4.84 Å². The van der Waals surface area contributed by atoms with Crippen molar-refractivity contribution in [1.82, 2.24) is 0 Å². The summed E-state index contributed by atoms with van der Waals surface area (Å²) in [7, 11) is 0. The molecule has 0 aromatic heterocycles. The Bertz CT molecular complexity index is 109. The lowest BCUT2D eigenvalue weighted by Gasteiger charge is -1.92. The predicted molar refractivity (Wildman–Crippen MR) is 32.3 cm³/mol. The summed E-state index contributed by atoms with van der Waals surface area (Å²) < 4.78 is 0. The molecule has 45 valence electrons. The van der Waals surface area contributed by atoms with Crippen molar-refractivity contribution >= 4 is 5.71 Å². The van der Waals surface area contributed by atoms with Crippen LogP contribution in [0.3, 0.4) is 0 Å². The molecule has 1 rings (SSSR count). The van der Waals surface area contributed by atoms with Crippen molar-refractivity contribution in [3.63, 3.8) is 0 Å². The van der Waals surface area contributed by atoms with Crippen molar-refractivity contribution in [3.05, 3.63) is 6.10 Å². The van der Waals surface area contributed by atoms with Gasteiger partial charge in [0.2, 0.25) is 0 Å². The van der Waals surface area contributed by atoms with Crippen molar-refractivity contribution in [2.45, 2.75) is 26.7 Å². The Labute approximate surface area is 49.5 Å². The van der Waals surface area contributed by atoms with Crippen molar-refractivity contribution in [2.24, 2.45) is 5.16 Å². The van der Waals surface area contributed by atoms with Crippen LogP contribution in [0.5, 0.6) is 0 Å². The first kappa shape index (κ1) is 5.60. The normalized spacial score (nSPS) is 20.5. The lowest BCUT2D eigenvalue weighted by molar-refractivity contribution is 0.182. The largest absolute Gasteiger partial charge is 0.385 e. The Morgan fingerprint density at radius 1 is 1.75 bits per heavy atom. The second-order valence-electron chi connectivity index (χ2n) is 1.98. The van der Waals surface area contributed by atoms with E-state index in [1.165, 1.54) is 0 Å². The fourth-order valence-corrected chi connectivity index (χ4v) is 0.684. The Hall–Kier alpha value is -0.530. The van der Waals surface area contributed by atoms with E-state index < -0.39 is 0 Å². The molecule has 0 amide bonds. The van der Waals surface area contributed by atoms with Crippen molar-refractivity contribution in [3.8, 4) is 0 Å². The van der Waals surface area contributed by atoms with Crippen LogP contribution in [0.1, 0.15) is 26.7 Å². The first-order chi connectivity index (χ1) is 3.83. The zero-order valence-electron chi connectivity index (χ0n) is 5.27. The van der Waals surface area contributed by atoms with E-state index in [1.54, 1.807) is 0 Å². The lowest BCUT2D eigenvalue weighted by atomic mass is 10.2. The molecule has 1 heterocycles. The molecule has 8 heavy (non-hydrogen) atoms. The Morgan fingerprint density at radius 3 is 2.75 bits per heavy atom. The van der Waals surface area contributed by atoms with E-state index in [-0.39, 0.29) is 0 Å². The summed E-state index contributed by atoms with van der Waals surface area (Å²) in [6.45, 7) is 4.03. The van der Waals surface area contributed by atoms with Gasteiger partial charge >= 0.3 is 0 Å². The van der Waals surface area contributed by atoms with Crippen LogP contribution in [0.4, 0.5) is 0 Å². The second kappa shape index (κ2) is 2.16. The fourth-order valence-electron chi connectivity index (χ4n) is 0.684. The molecule has 0 fully saturated rings. The van der Waals surface area contributed by atoms with Crippen molar-refractivity contribution in [2.75, 3.05) is 0 Å². The maximum atomic E-state index is 4.86. The van der Waals surface area contributed by atoms with Gasteiger partial charge in [0.25, 0.3) is 0 Å². The molecule has 0 aromatic carbocycles. The number of nitrogens with zero attached hydrogens (tertiary/aromatic N) is 1. The first-order valence-electron chi connectivity index (χ1n) is 2.88. The lowest BCUT2D eigenvalue weighted by Crippen LogP contribution is -1.91. The highest BCUT2D eigenvalue weighted by atomic mass is 16.6. The van der Waals surface area contributed by atoms with Gasteiger partial charge in [0.15, 0.2) is 6.10 Å². The summed E-state index contributed by atoms with van der Waals surface area (Å²) in [5.74, 6) is 0. The fraction of sp³-hybridized carbons (Fsp3) is 0.667. The van der Waals surface area contributed by atoms with Gasteiger partial charge in [-0.25, -0.2) is 0 Å². The van der Waals surface area contributed by atoms with E-state index in [0.29, 0.717) is 0 Å². The van der Waals surface area contributed by atoms with Gasteiger partial charge in [-0.2, -0.15) is 0 Å². The highest BCUT2D eigenvalue weighted by molar-refractivity contribution is 5.86. The predicted octanol–water partition coefficient (Wildman–Crippen LogP) is 1.72. The summed E-state index contributed by atoms with van der Waals surface area (Å²) in [6, 6.07) is 0. The van der Waals surface area contributed by atoms with Gasteiger partial charge in [0, 0.05) is 6.42 Å². The molecule has 0 saturated heterocycles. The SMILES string of the molecule is CCC1=NO[C](C)C1. The minimum atomic E-state index is 0.941.